The van der Waals surface area contributed by atoms with Gasteiger partial charge in [-0.25, -0.2) is 0 Å². The molecule has 0 amide bonds. The van der Waals surface area contributed by atoms with Crippen LogP contribution in [0.4, 0.5) is 0 Å². The van der Waals surface area contributed by atoms with Gasteiger partial charge in [-0.3, -0.25) is 0 Å². The van der Waals surface area contributed by atoms with E-state index in [0.29, 0.717) is 0 Å². The van der Waals surface area contributed by atoms with Crippen molar-refractivity contribution in [1.29, 1.82) is 0 Å². The van der Waals surface area contributed by atoms with E-state index >= 15 is 0 Å². The number of nitrogens with zero attached hydrogens (tertiary/aromatic N) is 1. The predicted octanol–water partition coefficient (Wildman–Crippen LogP) is 5.52. The van der Waals surface area contributed by atoms with E-state index in [4.69, 9.17) is 0 Å². The summed E-state index contributed by atoms with van der Waals surface area (Å²) in [5.41, 5.74) is 0. The SMILES string of the molecule is CCCCCCCCCCCCCCCC[N+](CCC)(CCC)CCC.[Cl-]. The Bertz CT molecular complexity index is 250. The van der Waals surface area contributed by atoms with Gasteiger partial charge in [0.2, 0.25) is 0 Å². The number of halogens is 1. The molecule has 0 fully saturated rings. The predicted molar refractivity (Wildman–Crippen MR) is 121 cm³/mol. The van der Waals surface area contributed by atoms with Gasteiger partial charge < -0.3 is 16.9 Å². The van der Waals surface area contributed by atoms with Crippen molar-refractivity contribution in [2.24, 2.45) is 0 Å². The summed E-state index contributed by atoms with van der Waals surface area (Å²) in [5, 5.41) is 0. The second kappa shape index (κ2) is 22.5. The maximum Gasteiger partial charge on any atom is 0.0786 e. The maximum atomic E-state index is 2.36. The largest absolute Gasteiger partial charge is 1.00 e. The average molecular weight is 404 g/mol. The third-order valence-corrected chi connectivity index (χ3v) is 6.08. The molecule has 0 heterocycles. The fraction of sp³-hybridized carbons (Fsp3) is 1.00. The molecule has 0 atom stereocenters. The number of hydrogen-bond acceptors (Lipinski definition) is 0. The smallest absolute Gasteiger partial charge is 0.0786 e. The first-order valence-corrected chi connectivity index (χ1v) is 12.6. The van der Waals surface area contributed by atoms with Crippen LogP contribution in [0.25, 0.3) is 0 Å². The molecular formula is C25H54ClN. The van der Waals surface area contributed by atoms with Gasteiger partial charge in [-0.15, -0.1) is 0 Å². The Morgan fingerprint density at radius 1 is 0.333 bits per heavy atom. The van der Waals surface area contributed by atoms with Crippen LogP contribution in [0.15, 0.2) is 0 Å². The van der Waals surface area contributed by atoms with Gasteiger partial charge >= 0.3 is 0 Å². The lowest BCUT2D eigenvalue weighted by Crippen LogP contribution is -3.00. The summed E-state index contributed by atoms with van der Waals surface area (Å²) in [6.07, 6.45) is 24.6. The Hall–Kier alpha value is 0.250. The Labute approximate surface area is 180 Å². The minimum absolute atomic E-state index is 0. The van der Waals surface area contributed by atoms with E-state index in [2.05, 4.69) is 27.7 Å². The minimum Gasteiger partial charge on any atom is -1.00 e. The van der Waals surface area contributed by atoms with Crippen LogP contribution in [-0.4, -0.2) is 30.7 Å². The second-order valence-electron chi connectivity index (χ2n) is 8.83. The lowest BCUT2D eigenvalue weighted by Gasteiger charge is -2.38. The van der Waals surface area contributed by atoms with Crippen LogP contribution in [0.2, 0.25) is 0 Å². The molecule has 0 aliphatic heterocycles. The lowest BCUT2D eigenvalue weighted by molar-refractivity contribution is -0.928. The molecule has 166 valence electrons. The minimum atomic E-state index is 0. The zero-order chi connectivity index (χ0) is 19.3. The van der Waals surface area contributed by atoms with Gasteiger partial charge in [0.25, 0.3) is 0 Å². The lowest BCUT2D eigenvalue weighted by atomic mass is 10.0. The first-order valence-electron chi connectivity index (χ1n) is 12.6. The van der Waals surface area contributed by atoms with E-state index < -0.39 is 0 Å². The molecule has 2 heteroatoms. The summed E-state index contributed by atoms with van der Waals surface area (Å²) in [6, 6.07) is 0. The fourth-order valence-electron chi connectivity index (χ4n) is 4.74. The standard InChI is InChI=1S/C25H54N.ClH/c1-5-9-10-11-12-13-14-15-16-17-18-19-20-21-25-26(22-6-2,23-7-3)24-8-4;/h5-25H2,1-4H3;1H/q+1;/p-1. The molecule has 0 saturated heterocycles. The van der Waals surface area contributed by atoms with E-state index in [1.54, 1.807) is 0 Å². The molecule has 0 radical (unpaired) electrons. The van der Waals surface area contributed by atoms with Crippen molar-refractivity contribution in [2.45, 2.75) is 137 Å². The van der Waals surface area contributed by atoms with Gasteiger partial charge in [0, 0.05) is 0 Å². The molecule has 0 aromatic carbocycles. The first-order chi connectivity index (χ1) is 12.7. The van der Waals surface area contributed by atoms with Crippen molar-refractivity contribution >= 4 is 0 Å². The number of unbranched alkanes of at least 4 members (excludes halogenated alkanes) is 13. The van der Waals surface area contributed by atoms with Gasteiger partial charge in [0.1, 0.15) is 0 Å². The molecule has 0 unspecified atom stereocenters. The second-order valence-corrected chi connectivity index (χ2v) is 8.83. The van der Waals surface area contributed by atoms with Crippen LogP contribution in [0, 0.1) is 0 Å². The van der Waals surface area contributed by atoms with Gasteiger partial charge in [-0.1, -0.05) is 105 Å². The van der Waals surface area contributed by atoms with E-state index in [1.807, 2.05) is 0 Å². The number of rotatable bonds is 21. The summed E-state index contributed by atoms with van der Waals surface area (Å²) in [7, 11) is 0. The zero-order valence-corrected chi connectivity index (χ0v) is 20.4. The van der Waals surface area contributed by atoms with Crippen LogP contribution < -0.4 is 12.4 Å². The molecular weight excluding hydrogens is 350 g/mol. The first kappa shape index (κ1) is 29.5. The van der Waals surface area contributed by atoms with Crippen molar-refractivity contribution in [3.8, 4) is 0 Å². The third-order valence-electron chi connectivity index (χ3n) is 6.08. The summed E-state index contributed by atoms with van der Waals surface area (Å²) in [4.78, 5) is 0. The molecule has 0 aliphatic carbocycles. The van der Waals surface area contributed by atoms with Gasteiger partial charge in [0.15, 0.2) is 0 Å². The van der Waals surface area contributed by atoms with Gasteiger partial charge in [-0.05, 0) is 32.1 Å². The van der Waals surface area contributed by atoms with Crippen LogP contribution in [0.1, 0.15) is 137 Å². The molecule has 0 spiro atoms. The molecule has 0 aromatic rings. The van der Waals surface area contributed by atoms with Crippen LogP contribution in [0.5, 0.6) is 0 Å². The van der Waals surface area contributed by atoms with Crippen molar-refractivity contribution in [3.63, 3.8) is 0 Å². The Morgan fingerprint density at radius 3 is 0.926 bits per heavy atom. The summed E-state index contributed by atoms with van der Waals surface area (Å²) in [6.45, 7) is 15.0. The normalized spacial score (nSPS) is 11.6. The van der Waals surface area contributed by atoms with E-state index in [-0.39, 0.29) is 12.4 Å². The van der Waals surface area contributed by atoms with E-state index in [0.717, 1.165) is 0 Å². The molecule has 0 aliphatic rings. The molecule has 0 N–H and O–H groups in total. The molecule has 1 nitrogen and oxygen atoms in total. The van der Waals surface area contributed by atoms with Crippen LogP contribution >= 0.6 is 0 Å². The van der Waals surface area contributed by atoms with Crippen molar-refractivity contribution in [1.82, 2.24) is 0 Å². The summed E-state index contributed by atoms with van der Waals surface area (Å²) >= 11 is 0. The van der Waals surface area contributed by atoms with Crippen molar-refractivity contribution in [2.75, 3.05) is 26.2 Å². The molecule has 0 rings (SSSR count). The Morgan fingerprint density at radius 2 is 0.630 bits per heavy atom. The number of quaternary nitrogens is 1. The maximum absolute atomic E-state index is 2.36. The van der Waals surface area contributed by atoms with Crippen LogP contribution in [-0.2, 0) is 0 Å². The van der Waals surface area contributed by atoms with E-state index in [9.17, 15) is 0 Å². The monoisotopic (exact) mass is 403 g/mol. The van der Waals surface area contributed by atoms with Crippen molar-refractivity contribution < 1.29 is 16.9 Å². The van der Waals surface area contributed by atoms with Gasteiger partial charge in [-0.2, -0.15) is 0 Å². The quantitative estimate of drug-likeness (QED) is 0.175. The zero-order valence-electron chi connectivity index (χ0n) is 19.7. The fourth-order valence-corrected chi connectivity index (χ4v) is 4.74. The van der Waals surface area contributed by atoms with E-state index in [1.165, 1.54) is 140 Å². The molecule has 0 saturated carbocycles. The number of hydrogen-bond donors (Lipinski definition) is 0. The molecule has 0 bridgehead atoms. The Kier molecular flexibility index (Phi) is 24.6. The Balaban J connectivity index is 0. The molecule has 0 aromatic heterocycles. The highest BCUT2D eigenvalue weighted by Gasteiger charge is 2.23. The third kappa shape index (κ3) is 18.0. The summed E-state index contributed by atoms with van der Waals surface area (Å²) < 4.78 is 1.40. The van der Waals surface area contributed by atoms with Crippen LogP contribution in [0.3, 0.4) is 0 Å². The highest BCUT2D eigenvalue weighted by molar-refractivity contribution is 4.51. The summed E-state index contributed by atoms with van der Waals surface area (Å²) in [5.74, 6) is 0. The topological polar surface area (TPSA) is 0 Å². The average Bonchev–Trinajstić information content (AvgIpc) is 2.63. The van der Waals surface area contributed by atoms with Gasteiger partial charge in [0.05, 0.1) is 26.2 Å². The van der Waals surface area contributed by atoms with Crippen molar-refractivity contribution in [3.05, 3.63) is 0 Å². The molecule has 27 heavy (non-hydrogen) atoms. The highest BCUT2D eigenvalue weighted by atomic mass is 35.5. The highest BCUT2D eigenvalue weighted by Crippen LogP contribution is 2.16.